The van der Waals surface area contributed by atoms with Crippen LogP contribution in [0.25, 0.3) is 0 Å². The molecule has 0 bridgehead atoms. The minimum absolute atomic E-state index is 0.0378. The van der Waals surface area contributed by atoms with E-state index in [1.54, 1.807) is 0 Å². The predicted molar refractivity (Wildman–Crippen MR) is 67.8 cm³/mol. The zero-order chi connectivity index (χ0) is 11.0. The van der Waals surface area contributed by atoms with Crippen LogP contribution in [0.4, 0.5) is 0 Å². The van der Waals surface area contributed by atoms with Gasteiger partial charge < -0.3 is 0 Å². The maximum Gasteiger partial charge on any atom is 0.122 e. The van der Waals surface area contributed by atoms with Crippen LogP contribution in [0.2, 0.25) is 6.04 Å². The van der Waals surface area contributed by atoms with Crippen LogP contribution in [0.3, 0.4) is 0 Å². The fourth-order valence-electron chi connectivity index (χ4n) is 1.99. The quantitative estimate of drug-likeness (QED) is 0.442. The summed E-state index contributed by atoms with van der Waals surface area (Å²) < 4.78 is 0. The Balaban J connectivity index is 4.40. The molecule has 0 aliphatic rings. The predicted octanol–water partition coefficient (Wildman–Crippen LogP) is -0.0153. The summed E-state index contributed by atoms with van der Waals surface area (Å²) >= 11 is 0. The first-order valence-electron chi connectivity index (χ1n) is 5.83. The van der Waals surface area contributed by atoms with Crippen LogP contribution in [0.5, 0.6) is 0 Å². The topological polar surface area (TPSA) is 27.3 Å². The molecule has 0 rings (SSSR count). The number of nitrogens with one attached hydrogen (secondary N) is 2. The summed E-state index contributed by atoms with van der Waals surface area (Å²) in [6, 6.07) is 1.21. The van der Waals surface area contributed by atoms with Crippen LogP contribution < -0.4 is 10.6 Å². The molecule has 0 aromatic heterocycles. The SMILES string of the molecule is CCCCN(CC)C(C[SiH3])(NC)NC. The third-order valence-corrected chi connectivity index (χ3v) is 4.07. The Kier molecular flexibility index (Phi) is 7.45. The highest BCUT2D eigenvalue weighted by atomic mass is 28.1. The maximum absolute atomic E-state index is 3.42. The number of nitrogens with zero attached hydrogens (tertiary/aromatic N) is 1. The van der Waals surface area contributed by atoms with Crippen molar-refractivity contribution < 1.29 is 0 Å². The maximum atomic E-state index is 3.42. The summed E-state index contributed by atoms with van der Waals surface area (Å²) in [4.78, 5) is 2.50. The van der Waals surface area contributed by atoms with Gasteiger partial charge in [0.25, 0.3) is 0 Å². The number of unbranched alkanes of at least 4 members (excludes halogenated alkanes) is 1. The van der Waals surface area contributed by atoms with Crippen molar-refractivity contribution in [2.24, 2.45) is 0 Å². The van der Waals surface area contributed by atoms with Crippen molar-refractivity contribution >= 4 is 10.2 Å². The van der Waals surface area contributed by atoms with Crippen LogP contribution in [0.15, 0.2) is 0 Å². The second-order valence-electron chi connectivity index (χ2n) is 3.65. The Morgan fingerprint density at radius 2 is 1.79 bits per heavy atom. The Labute approximate surface area is 92.1 Å². The largest absolute Gasteiger partial charge is 0.290 e. The molecule has 2 N–H and O–H groups in total. The highest BCUT2D eigenvalue weighted by Crippen LogP contribution is 2.12. The molecule has 0 amide bonds. The van der Waals surface area contributed by atoms with Crippen LogP contribution in [0, 0.1) is 0 Å². The molecule has 14 heavy (non-hydrogen) atoms. The van der Waals surface area contributed by atoms with E-state index in [2.05, 4.69) is 29.4 Å². The lowest BCUT2D eigenvalue weighted by molar-refractivity contribution is 0.0568. The second kappa shape index (κ2) is 7.40. The summed E-state index contributed by atoms with van der Waals surface area (Å²) in [7, 11) is 5.30. The molecule has 0 unspecified atom stereocenters. The molecule has 0 aromatic carbocycles. The number of hydrogen-bond donors (Lipinski definition) is 2. The van der Waals surface area contributed by atoms with Gasteiger partial charge in [0.05, 0.1) is 0 Å². The summed E-state index contributed by atoms with van der Waals surface area (Å²) in [5, 5.41) is 6.85. The molecule has 0 saturated heterocycles. The minimum atomic E-state index is 0.0378. The van der Waals surface area contributed by atoms with Gasteiger partial charge in [0.1, 0.15) is 5.79 Å². The lowest BCUT2D eigenvalue weighted by Crippen LogP contribution is -2.65. The molecular formula is C10H27N3Si. The van der Waals surface area contributed by atoms with E-state index in [-0.39, 0.29) is 5.79 Å². The van der Waals surface area contributed by atoms with E-state index in [9.17, 15) is 0 Å². The molecule has 0 aliphatic heterocycles. The van der Waals surface area contributed by atoms with E-state index in [1.165, 1.54) is 35.7 Å². The highest BCUT2D eigenvalue weighted by molar-refractivity contribution is 6.09. The summed E-state index contributed by atoms with van der Waals surface area (Å²) in [5.74, 6) is 0.0378. The van der Waals surface area contributed by atoms with Gasteiger partial charge in [-0.1, -0.05) is 20.3 Å². The average molecular weight is 217 g/mol. The van der Waals surface area contributed by atoms with Crippen LogP contribution in [-0.2, 0) is 0 Å². The Bertz CT molecular complexity index is 129. The second-order valence-corrected chi connectivity index (χ2v) is 4.35. The van der Waals surface area contributed by atoms with Gasteiger partial charge in [0, 0.05) is 16.8 Å². The molecule has 0 saturated carbocycles. The lowest BCUT2D eigenvalue weighted by Gasteiger charge is -2.43. The smallest absolute Gasteiger partial charge is 0.122 e. The molecule has 0 aromatic rings. The summed E-state index contributed by atoms with van der Waals surface area (Å²) in [5.41, 5.74) is 0. The van der Waals surface area contributed by atoms with Crippen molar-refractivity contribution in [1.29, 1.82) is 0 Å². The molecular weight excluding hydrogens is 190 g/mol. The van der Waals surface area contributed by atoms with Crippen LogP contribution >= 0.6 is 0 Å². The first kappa shape index (κ1) is 14.1. The Hall–Kier alpha value is 0.0969. The van der Waals surface area contributed by atoms with Gasteiger partial charge in [-0.05, 0) is 33.1 Å². The van der Waals surface area contributed by atoms with E-state index in [1.807, 2.05) is 14.1 Å². The summed E-state index contributed by atoms with van der Waals surface area (Å²) in [6.45, 7) is 6.76. The zero-order valence-electron chi connectivity index (χ0n) is 10.5. The molecule has 0 atom stereocenters. The molecule has 0 heterocycles. The Morgan fingerprint density at radius 3 is 2.07 bits per heavy atom. The normalized spacial score (nSPS) is 12.6. The molecule has 0 radical (unpaired) electrons. The zero-order valence-corrected chi connectivity index (χ0v) is 12.5. The lowest BCUT2D eigenvalue weighted by atomic mass is 10.2. The van der Waals surface area contributed by atoms with Crippen molar-refractivity contribution in [2.75, 3.05) is 27.2 Å². The molecule has 4 heteroatoms. The van der Waals surface area contributed by atoms with Gasteiger partial charge in [0.15, 0.2) is 0 Å². The van der Waals surface area contributed by atoms with E-state index in [0.717, 1.165) is 6.54 Å². The van der Waals surface area contributed by atoms with E-state index in [4.69, 9.17) is 0 Å². The van der Waals surface area contributed by atoms with Gasteiger partial charge in [-0.2, -0.15) is 0 Å². The van der Waals surface area contributed by atoms with Gasteiger partial charge in [-0.3, -0.25) is 15.5 Å². The van der Waals surface area contributed by atoms with Gasteiger partial charge in [-0.15, -0.1) is 0 Å². The van der Waals surface area contributed by atoms with Crippen molar-refractivity contribution in [1.82, 2.24) is 15.5 Å². The minimum Gasteiger partial charge on any atom is -0.290 e. The standard InChI is InChI=1S/C10H27N3Si/c1-5-7-8-13(6-2)10(9-14,11-3)12-4/h11-12H,5-9H2,1-4,14H3. The van der Waals surface area contributed by atoms with Crippen LogP contribution in [0.1, 0.15) is 26.7 Å². The Morgan fingerprint density at radius 1 is 1.21 bits per heavy atom. The van der Waals surface area contributed by atoms with Crippen molar-refractivity contribution in [3.8, 4) is 0 Å². The molecule has 0 spiro atoms. The third-order valence-electron chi connectivity index (χ3n) is 3.04. The van der Waals surface area contributed by atoms with Gasteiger partial charge in [-0.25, -0.2) is 0 Å². The van der Waals surface area contributed by atoms with Crippen LogP contribution in [-0.4, -0.2) is 48.1 Å². The fourth-order valence-corrected chi connectivity index (χ4v) is 3.14. The first-order valence-corrected chi connectivity index (χ1v) is 7.25. The van der Waals surface area contributed by atoms with Crippen molar-refractivity contribution in [2.45, 2.75) is 38.5 Å². The third kappa shape index (κ3) is 3.35. The number of rotatable bonds is 8. The summed E-state index contributed by atoms with van der Waals surface area (Å²) in [6.07, 6.45) is 2.54. The number of hydrogen-bond acceptors (Lipinski definition) is 3. The monoisotopic (exact) mass is 217 g/mol. The van der Waals surface area contributed by atoms with E-state index in [0.29, 0.717) is 0 Å². The van der Waals surface area contributed by atoms with E-state index >= 15 is 0 Å². The van der Waals surface area contributed by atoms with Crippen molar-refractivity contribution in [3.05, 3.63) is 0 Å². The molecule has 0 aliphatic carbocycles. The first-order chi connectivity index (χ1) is 6.70. The van der Waals surface area contributed by atoms with Gasteiger partial charge in [0.2, 0.25) is 0 Å². The van der Waals surface area contributed by atoms with E-state index < -0.39 is 0 Å². The highest BCUT2D eigenvalue weighted by Gasteiger charge is 2.29. The molecule has 0 fully saturated rings. The van der Waals surface area contributed by atoms with Gasteiger partial charge >= 0.3 is 0 Å². The average Bonchev–Trinajstić information content (AvgIpc) is 2.25. The molecule has 86 valence electrons. The van der Waals surface area contributed by atoms with Crippen molar-refractivity contribution in [3.63, 3.8) is 0 Å². The molecule has 3 nitrogen and oxygen atoms in total. The fraction of sp³-hybridized carbons (Fsp3) is 1.00.